The molecule has 1 saturated heterocycles. The summed E-state index contributed by atoms with van der Waals surface area (Å²) in [7, 11) is 0. The van der Waals surface area contributed by atoms with Gasteiger partial charge in [-0.2, -0.15) is 11.8 Å². The van der Waals surface area contributed by atoms with Crippen LogP contribution in [0.5, 0.6) is 0 Å². The Morgan fingerprint density at radius 1 is 1.23 bits per heavy atom. The highest BCUT2D eigenvalue weighted by Gasteiger charge is 2.10. The number of aromatic carboxylic acids is 1. The lowest BCUT2D eigenvalue weighted by molar-refractivity contribution is -0.113. The first-order valence-electron chi connectivity index (χ1n) is 7.16. The number of carbonyl (C=O) groups excluding carboxylic acids is 1. The molecule has 2 rings (SSSR count). The van der Waals surface area contributed by atoms with Gasteiger partial charge in [-0.15, -0.1) is 0 Å². The Morgan fingerprint density at radius 3 is 2.55 bits per heavy atom. The Labute approximate surface area is 133 Å². The van der Waals surface area contributed by atoms with Crippen LogP contribution in [0.1, 0.15) is 10.4 Å². The number of carboxylic acid groups (broad SMARTS) is 1. The minimum absolute atomic E-state index is 0.0740. The largest absolute Gasteiger partial charge is 0.478 e. The van der Waals surface area contributed by atoms with E-state index in [-0.39, 0.29) is 11.5 Å². The first-order chi connectivity index (χ1) is 10.6. The fourth-order valence-corrected chi connectivity index (χ4v) is 2.87. The number of hydrogen-bond acceptors (Lipinski definition) is 5. The van der Waals surface area contributed by atoms with Gasteiger partial charge in [0.25, 0.3) is 0 Å². The maximum Gasteiger partial charge on any atom is 0.335 e. The van der Waals surface area contributed by atoms with Crippen molar-refractivity contribution in [1.29, 1.82) is 0 Å². The number of nitrogens with one attached hydrogen (secondary N) is 1. The number of hydrogen-bond donors (Lipinski definition) is 2. The van der Waals surface area contributed by atoms with E-state index in [1.54, 1.807) is 23.9 Å². The highest BCUT2D eigenvalue weighted by atomic mass is 32.2. The Hall–Kier alpha value is -1.57. The maximum atomic E-state index is 11.8. The van der Waals surface area contributed by atoms with Gasteiger partial charge in [-0.1, -0.05) is 0 Å². The molecule has 1 heterocycles. The number of morpholine rings is 1. The number of rotatable bonds is 7. The number of benzene rings is 1. The minimum atomic E-state index is -0.975. The Bertz CT molecular complexity index is 501. The fourth-order valence-electron chi connectivity index (χ4n) is 2.08. The number of nitrogens with zero attached hydrogens (tertiary/aromatic N) is 1. The molecule has 1 aromatic rings. The zero-order chi connectivity index (χ0) is 15.8. The van der Waals surface area contributed by atoms with Crippen LogP contribution in [0.4, 0.5) is 5.69 Å². The van der Waals surface area contributed by atoms with E-state index in [2.05, 4.69) is 10.2 Å². The van der Waals surface area contributed by atoms with Crippen molar-refractivity contribution < 1.29 is 19.4 Å². The maximum absolute atomic E-state index is 11.8. The van der Waals surface area contributed by atoms with Crippen molar-refractivity contribution in [2.45, 2.75) is 0 Å². The lowest BCUT2D eigenvalue weighted by Gasteiger charge is -2.26. The van der Waals surface area contributed by atoms with Crippen LogP contribution in [0.15, 0.2) is 24.3 Å². The van der Waals surface area contributed by atoms with Crippen molar-refractivity contribution in [3.05, 3.63) is 29.8 Å². The predicted molar refractivity (Wildman–Crippen MR) is 86.6 cm³/mol. The lowest BCUT2D eigenvalue weighted by Crippen LogP contribution is -2.37. The molecule has 0 aliphatic carbocycles. The van der Waals surface area contributed by atoms with Crippen LogP contribution < -0.4 is 5.32 Å². The Kier molecular flexibility index (Phi) is 6.70. The highest BCUT2D eigenvalue weighted by molar-refractivity contribution is 7.99. The van der Waals surface area contributed by atoms with Gasteiger partial charge >= 0.3 is 5.97 Å². The molecule has 0 radical (unpaired) electrons. The molecule has 0 atom stereocenters. The van der Waals surface area contributed by atoms with Crippen LogP contribution in [-0.2, 0) is 9.53 Å². The molecule has 1 amide bonds. The van der Waals surface area contributed by atoms with E-state index >= 15 is 0 Å². The smallest absolute Gasteiger partial charge is 0.335 e. The van der Waals surface area contributed by atoms with Crippen molar-refractivity contribution in [3.8, 4) is 0 Å². The van der Waals surface area contributed by atoms with E-state index in [4.69, 9.17) is 9.84 Å². The summed E-state index contributed by atoms with van der Waals surface area (Å²) in [4.78, 5) is 24.9. The van der Waals surface area contributed by atoms with Crippen LogP contribution in [0.2, 0.25) is 0 Å². The van der Waals surface area contributed by atoms with E-state index in [0.29, 0.717) is 11.4 Å². The molecule has 0 spiro atoms. The number of anilines is 1. The molecular formula is C15H20N2O4S. The van der Waals surface area contributed by atoms with Gasteiger partial charge < -0.3 is 15.2 Å². The van der Waals surface area contributed by atoms with Gasteiger partial charge in [0, 0.05) is 31.1 Å². The summed E-state index contributed by atoms with van der Waals surface area (Å²) in [5.41, 5.74) is 0.821. The molecular weight excluding hydrogens is 304 g/mol. The second-order valence-corrected chi connectivity index (χ2v) is 6.04. The number of amides is 1. The SMILES string of the molecule is O=C(CSCCN1CCOCC1)Nc1ccc(C(=O)O)cc1. The third-order valence-electron chi connectivity index (χ3n) is 3.30. The van der Waals surface area contributed by atoms with Gasteiger partial charge in [0.15, 0.2) is 0 Å². The first-order valence-corrected chi connectivity index (χ1v) is 8.31. The summed E-state index contributed by atoms with van der Waals surface area (Å²) >= 11 is 1.59. The van der Waals surface area contributed by atoms with Crippen LogP contribution in [0, 0.1) is 0 Å². The van der Waals surface area contributed by atoms with Crippen LogP contribution in [0.25, 0.3) is 0 Å². The molecule has 22 heavy (non-hydrogen) atoms. The third kappa shape index (κ3) is 5.67. The van der Waals surface area contributed by atoms with E-state index < -0.39 is 5.97 Å². The van der Waals surface area contributed by atoms with Crippen LogP contribution >= 0.6 is 11.8 Å². The second-order valence-electron chi connectivity index (χ2n) is 4.94. The number of ether oxygens (including phenoxy) is 1. The summed E-state index contributed by atoms with van der Waals surface area (Å²) in [5.74, 6) is 0.253. The average Bonchev–Trinajstić information content (AvgIpc) is 2.53. The van der Waals surface area contributed by atoms with Crippen molar-refractivity contribution in [2.75, 3.05) is 49.7 Å². The summed E-state index contributed by atoms with van der Waals surface area (Å²) in [6.45, 7) is 4.47. The molecule has 2 N–H and O–H groups in total. The zero-order valence-electron chi connectivity index (χ0n) is 12.3. The van der Waals surface area contributed by atoms with Gasteiger partial charge in [-0.25, -0.2) is 4.79 Å². The topological polar surface area (TPSA) is 78.9 Å². The molecule has 6 nitrogen and oxygen atoms in total. The third-order valence-corrected chi connectivity index (χ3v) is 4.24. The van der Waals surface area contributed by atoms with Gasteiger partial charge in [0.2, 0.25) is 5.91 Å². The van der Waals surface area contributed by atoms with E-state index in [0.717, 1.165) is 38.6 Å². The van der Waals surface area contributed by atoms with Gasteiger partial charge in [0.1, 0.15) is 0 Å². The van der Waals surface area contributed by atoms with E-state index in [1.807, 2.05) is 0 Å². The molecule has 0 saturated carbocycles. The first kappa shape index (κ1) is 16.8. The van der Waals surface area contributed by atoms with Crippen molar-refractivity contribution >= 4 is 29.3 Å². The Balaban J connectivity index is 1.63. The van der Waals surface area contributed by atoms with E-state index in [1.165, 1.54) is 12.1 Å². The van der Waals surface area contributed by atoms with Gasteiger partial charge in [-0.3, -0.25) is 9.69 Å². The molecule has 1 aliphatic rings. The summed E-state index contributed by atoms with van der Waals surface area (Å²) in [5, 5.41) is 11.6. The molecule has 120 valence electrons. The molecule has 0 bridgehead atoms. The average molecular weight is 324 g/mol. The normalized spacial score (nSPS) is 15.5. The van der Waals surface area contributed by atoms with Crippen molar-refractivity contribution in [3.63, 3.8) is 0 Å². The van der Waals surface area contributed by atoms with Crippen molar-refractivity contribution in [1.82, 2.24) is 4.90 Å². The summed E-state index contributed by atoms with van der Waals surface area (Å²) in [6.07, 6.45) is 0. The molecule has 0 aromatic heterocycles. The zero-order valence-corrected chi connectivity index (χ0v) is 13.1. The minimum Gasteiger partial charge on any atom is -0.478 e. The van der Waals surface area contributed by atoms with Gasteiger partial charge in [0.05, 0.1) is 24.5 Å². The fraction of sp³-hybridized carbons (Fsp3) is 0.467. The molecule has 7 heteroatoms. The quantitative estimate of drug-likeness (QED) is 0.738. The lowest BCUT2D eigenvalue weighted by atomic mass is 10.2. The summed E-state index contributed by atoms with van der Waals surface area (Å²) < 4.78 is 5.28. The van der Waals surface area contributed by atoms with E-state index in [9.17, 15) is 9.59 Å². The molecule has 1 aromatic carbocycles. The Morgan fingerprint density at radius 2 is 1.91 bits per heavy atom. The number of carbonyl (C=O) groups is 2. The predicted octanol–water partition coefficient (Wildman–Crippen LogP) is 1.39. The molecule has 0 unspecified atom stereocenters. The second kappa shape index (κ2) is 8.77. The number of thioether (sulfide) groups is 1. The summed E-state index contributed by atoms with van der Waals surface area (Å²) in [6, 6.07) is 6.15. The molecule has 1 fully saturated rings. The standard InChI is InChI=1S/C15H20N2O4S/c18-14(11-22-10-7-17-5-8-21-9-6-17)16-13-3-1-12(2-4-13)15(19)20/h1-4H,5-11H2,(H,16,18)(H,19,20). The van der Waals surface area contributed by atoms with Crippen LogP contribution in [-0.4, -0.2) is 66.2 Å². The van der Waals surface area contributed by atoms with Crippen LogP contribution in [0.3, 0.4) is 0 Å². The molecule has 1 aliphatic heterocycles. The monoisotopic (exact) mass is 324 g/mol. The van der Waals surface area contributed by atoms with Crippen molar-refractivity contribution in [2.24, 2.45) is 0 Å². The highest BCUT2D eigenvalue weighted by Crippen LogP contribution is 2.11. The van der Waals surface area contributed by atoms with Gasteiger partial charge in [-0.05, 0) is 24.3 Å². The number of carboxylic acids is 1.